The Bertz CT molecular complexity index is 1910. The maximum Gasteiger partial charge on any atom is 0.335 e. The molecule has 1 aliphatic carbocycles. The fourth-order valence-corrected chi connectivity index (χ4v) is 6.83. The molecule has 3 aliphatic rings. The molecule has 1 N–H and O–H groups in total. The summed E-state index contributed by atoms with van der Waals surface area (Å²) in [5, 5.41) is 14.8. The molecule has 44 heavy (non-hydrogen) atoms. The van der Waals surface area contributed by atoms with Crippen LogP contribution in [0, 0.1) is 11.2 Å². The number of fused-ring (bicyclic) bond motifs is 2. The quantitative estimate of drug-likeness (QED) is 0.272. The average Bonchev–Trinajstić information content (AvgIpc) is 3.37. The van der Waals surface area contributed by atoms with E-state index in [-0.39, 0.29) is 35.5 Å². The van der Waals surface area contributed by atoms with Gasteiger partial charge in [-0.3, -0.25) is 4.68 Å². The highest BCUT2D eigenvalue weighted by Crippen LogP contribution is 2.65. The van der Waals surface area contributed by atoms with Crippen LogP contribution in [0.5, 0.6) is 5.88 Å². The number of aromatic nitrogens is 6. The molecular weight excluding hydrogens is 565 g/mol. The Kier molecular flexibility index (Phi) is 6.30. The van der Waals surface area contributed by atoms with E-state index in [1.54, 1.807) is 29.1 Å². The Labute approximate surface area is 252 Å². The molecule has 1 unspecified atom stereocenters. The van der Waals surface area contributed by atoms with Gasteiger partial charge in [0.15, 0.2) is 0 Å². The van der Waals surface area contributed by atoms with Crippen LogP contribution in [-0.4, -0.2) is 66.2 Å². The van der Waals surface area contributed by atoms with Crippen LogP contribution in [0.25, 0.3) is 21.9 Å². The van der Waals surface area contributed by atoms with Crippen molar-refractivity contribution < 1.29 is 23.8 Å². The first-order chi connectivity index (χ1) is 21.4. The number of hydrogen-bond acceptors (Lipinski definition) is 8. The van der Waals surface area contributed by atoms with Crippen LogP contribution in [0.2, 0.25) is 0 Å². The second-order valence-corrected chi connectivity index (χ2v) is 12.2. The van der Waals surface area contributed by atoms with Gasteiger partial charge in [0.2, 0.25) is 11.8 Å². The maximum absolute atomic E-state index is 14.7. The van der Waals surface area contributed by atoms with Crippen LogP contribution < -0.4 is 9.64 Å². The van der Waals surface area contributed by atoms with Crippen LogP contribution in [0.3, 0.4) is 0 Å². The zero-order valence-electron chi connectivity index (χ0n) is 24.3. The molecule has 0 bridgehead atoms. The molecule has 1 saturated carbocycles. The molecule has 8 rings (SSSR count). The average molecular weight is 598 g/mol. The summed E-state index contributed by atoms with van der Waals surface area (Å²) in [6, 6.07) is 11.1. The van der Waals surface area contributed by atoms with Crippen LogP contribution in [0.4, 0.5) is 10.3 Å². The number of rotatable bonds is 8. The second-order valence-electron chi connectivity index (χ2n) is 12.2. The fraction of sp³-hybridized carbons (Fsp3) is 0.406. The van der Waals surface area contributed by atoms with Gasteiger partial charge in [-0.2, -0.15) is 14.5 Å². The van der Waals surface area contributed by atoms with Gasteiger partial charge >= 0.3 is 5.97 Å². The van der Waals surface area contributed by atoms with E-state index in [1.807, 2.05) is 25.2 Å². The van der Waals surface area contributed by atoms with E-state index in [9.17, 15) is 14.3 Å². The van der Waals surface area contributed by atoms with Gasteiger partial charge in [-0.25, -0.2) is 14.8 Å². The zero-order valence-corrected chi connectivity index (χ0v) is 24.3. The van der Waals surface area contributed by atoms with Crippen LogP contribution >= 0.6 is 0 Å². The van der Waals surface area contributed by atoms with Gasteiger partial charge in [0.1, 0.15) is 12.4 Å². The third kappa shape index (κ3) is 4.64. The van der Waals surface area contributed by atoms with Crippen molar-refractivity contribution in [1.29, 1.82) is 0 Å². The summed E-state index contributed by atoms with van der Waals surface area (Å²) in [4.78, 5) is 27.5. The Hall–Kier alpha value is -4.58. The largest absolute Gasteiger partial charge is 0.478 e. The predicted octanol–water partition coefficient (Wildman–Crippen LogP) is 4.69. The fourth-order valence-electron chi connectivity index (χ4n) is 6.83. The first-order valence-corrected chi connectivity index (χ1v) is 15.0. The molecule has 5 heterocycles. The first kappa shape index (κ1) is 27.0. The van der Waals surface area contributed by atoms with Gasteiger partial charge in [-0.05, 0) is 67.0 Å². The summed E-state index contributed by atoms with van der Waals surface area (Å²) < 4.78 is 30.2. The van der Waals surface area contributed by atoms with Gasteiger partial charge in [0.05, 0.1) is 47.2 Å². The molecule has 0 radical (unpaired) electrons. The van der Waals surface area contributed by atoms with Crippen LogP contribution in [0.1, 0.15) is 53.3 Å². The molecule has 12 heteroatoms. The number of benzene rings is 2. The number of carboxylic acids is 1. The molecule has 2 aliphatic heterocycles. The molecule has 1 spiro atoms. The molecular formula is C32H32FN7O4. The van der Waals surface area contributed by atoms with Gasteiger partial charge in [-0.1, -0.05) is 6.07 Å². The number of halogens is 1. The van der Waals surface area contributed by atoms with Crippen molar-refractivity contribution in [3.05, 3.63) is 71.6 Å². The summed E-state index contributed by atoms with van der Waals surface area (Å²) in [7, 11) is 1.89. The third-order valence-corrected chi connectivity index (χ3v) is 9.63. The maximum atomic E-state index is 14.7. The third-order valence-electron chi connectivity index (χ3n) is 9.63. The molecule has 3 aromatic heterocycles. The van der Waals surface area contributed by atoms with E-state index in [0.29, 0.717) is 12.5 Å². The molecule has 2 aromatic carbocycles. The van der Waals surface area contributed by atoms with Gasteiger partial charge in [0, 0.05) is 38.0 Å². The number of hydrogen-bond donors (Lipinski definition) is 1. The Morgan fingerprint density at radius 2 is 1.98 bits per heavy atom. The summed E-state index contributed by atoms with van der Waals surface area (Å²) in [6.45, 7) is 3.11. The SMILES string of the molecule is Cn1ncc2cc(COc3nc(N4CCC5(CC4)CC5c4nc5ccc(C(=O)O)cc5n4C[C@@H]4CCO4)ncc3F)ccc21. The normalized spacial score (nSPS) is 20.7. The number of nitrogens with zero attached hydrogens (tertiary/aromatic N) is 7. The number of aryl methyl sites for hydroxylation is 1. The molecule has 11 nitrogen and oxygen atoms in total. The number of imidazole rings is 1. The summed E-state index contributed by atoms with van der Waals surface area (Å²) in [6.07, 6.45) is 6.99. The Morgan fingerprint density at radius 3 is 2.75 bits per heavy atom. The number of carboxylic acid groups (broad SMARTS) is 1. The summed E-state index contributed by atoms with van der Waals surface area (Å²) in [5.74, 6) is 0.178. The van der Waals surface area contributed by atoms with Gasteiger partial charge in [0.25, 0.3) is 5.88 Å². The van der Waals surface area contributed by atoms with E-state index < -0.39 is 11.8 Å². The van der Waals surface area contributed by atoms with Crippen molar-refractivity contribution in [3.8, 4) is 5.88 Å². The number of piperidine rings is 1. The number of ether oxygens (including phenoxy) is 2. The van der Waals surface area contributed by atoms with E-state index >= 15 is 0 Å². The number of aromatic carboxylic acids is 1. The lowest BCUT2D eigenvalue weighted by atomic mass is 9.90. The lowest BCUT2D eigenvalue weighted by molar-refractivity contribution is -0.0590. The van der Waals surface area contributed by atoms with Crippen molar-refractivity contribution in [2.24, 2.45) is 12.5 Å². The van der Waals surface area contributed by atoms with Gasteiger partial charge < -0.3 is 24.0 Å². The summed E-state index contributed by atoms with van der Waals surface area (Å²) in [5.41, 5.74) is 3.96. The number of anilines is 1. The molecule has 3 fully saturated rings. The van der Waals surface area contributed by atoms with Crippen LogP contribution in [0.15, 0.2) is 48.8 Å². The minimum atomic E-state index is -0.945. The Balaban J connectivity index is 0.968. The highest BCUT2D eigenvalue weighted by atomic mass is 19.1. The molecule has 0 amide bonds. The first-order valence-electron chi connectivity index (χ1n) is 15.0. The van der Waals surface area contributed by atoms with Crippen LogP contribution in [-0.2, 0) is 24.9 Å². The van der Waals surface area contributed by atoms with Crippen molar-refractivity contribution in [2.45, 2.75) is 50.9 Å². The molecule has 2 atom stereocenters. The van der Waals surface area contributed by atoms with E-state index in [1.165, 1.54) is 6.20 Å². The second kappa shape index (κ2) is 10.3. The highest BCUT2D eigenvalue weighted by molar-refractivity contribution is 5.92. The van der Waals surface area contributed by atoms with Crippen molar-refractivity contribution in [2.75, 3.05) is 24.6 Å². The summed E-state index contributed by atoms with van der Waals surface area (Å²) >= 11 is 0. The smallest absolute Gasteiger partial charge is 0.335 e. The van der Waals surface area contributed by atoms with Gasteiger partial charge in [-0.15, -0.1) is 0 Å². The van der Waals surface area contributed by atoms with Crippen molar-refractivity contribution in [1.82, 2.24) is 29.3 Å². The zero-order chi connectivity index (χ0) is 30.0. The Morgan fingerprint density at radius 1 is 1.14 bits per heavy atom. The highest BCUT2D eigenvalue weighted by Gasteiger charge is 2.57. The van der Waals surface area contributed by atoms with Crippen molar-refractivity contribution in [3.63, 3.8) is 0 Å². The minimum absolute atomic E-state index is 0.0569. The van der Waals surface area contributed by atoms with E-state index in [4.69, 9.17) is 14.5 Å². The minimum Gasteiger partial charge on any atom is -0.478 e. The lowest BCUT2D eigenvalue weighted by Gasteiger charge is -2.33. The van der Waals surface area contributed by atoms with Crippen molar-refractivity contribution >= 4 is 33.9 Å². The topological polar surface area (TPSA) is 120 Å². The number of carbonyl (C=O) groups is 1. The van der Waals surface area contributed by atoms with E-state index in [0.717, 1.165) is 78.7 Å². The van der Waals surface area contributed by atoms with E-state index in [2.05, 4.69) is 24.5 Å². The lowest BCUT2D eigenvalue weighted by Crippen LogP contribution is -2.36. The molecule has 226 valence electrons. The standard InChI is InChI=1S/C32H32FN7O4/c1-38-26-5-2-19(12-21(26)15-35-38)18-44-29-24(33)16-34-31(37-29)39-9-7-32(8-10-39)14-23(32)28-36-25-4-3-20(30(41)42)13-27(25)40(28)17-22-6-11-43-22/h2-5,12-13,15-16,22-23H,6-11,14,17-18H2,1H3,(H,41,42)/t22-,23?/m0/s1. The molecule has 2 saturated heterocycles. The monoisotopic (exact) mass is 597 g/mol. The molecule has 5 aromatic rings. The predicted molar refractivity (Wildman–Crippen MR) is 159 cm³/mol.